The van der Waals surface area contributed by atoms with Crippen molar-refractivity contribution in [1.29, 1.82) is 0 Å². The highest BCUT2D eigenvalue weighted by atomic mass is 35.5. The fourth-order valence-corrected chi connectivity index (χ4v) is 3.93. The molecular formula is C22H21ClN4O4S. The Morgan fingerprint density at radius 1 is 1.25 bits per heavy atom. The van der Waals surface area contributed by atoms with Gasteiger partial charge in [-0.25, -0.2) is 0 Å². The van der Waals surface area contributed by atoms with E-state index in [1.165, 1.54) is 7.11 Å². The molecule has 1 amide bonds. The maximum absolute atomic E-state index is 11.8. The Kier molecular flexibility index (Phi) is 6.31. The molecule has 1 heterocycles. The Balaban J connectivity index is 1.54. The number of nitrogens with zero attached hydrogens (tertiary/aromatic N) is 1. The van der Waals surface area contributed by atoms with Crippen LogP contribution in [0.15, 0.2) is 42.6 Å². The van der Waals surface area contributed by atoms with Gasteiger partial charge in [0.05, 0.1) is 35.0 Å². The molecule has 10 heteroatoms. The molecule has 0 unspecified atom stereocenters. The number of carbonyl (C=O) groups is 1. The van der Waals surface area contributed by atoms with Crippen LogP contribution in [0.5, 0.6) is 17.2 Å². The summed E-state index contributed by atoms with van der Waals surface area (Å²) in [5.41, 5.74) is 6.92. The van der Waals surface area contributed by atoms with E-state index in [2.05, 4.69) is 15.6 Å². The van der Waals surface area contributed by atoms with Gasteiger partial charge in [-0.1, -0.05) is 11.6 Å². The Labute approximate surface area is 194 Å². The average molecular weight is 473 g/mol. The van der Waals surface area contributed by atoms with Gasteiger partial charge in [0.15, 0.2) is 5.11 Å². The molecular weight excluding hydrogens is 452 g/mol. The summed E-state index contributed by atoms with van der Waals surface area (Å²) in [7, 11) is 1.46. The van der Waals surface area contributed by atoms with Crippen LogP contribution in [0, 0.1) is 0 Å². The van der Waals surface area contributed by atoms with Crippen LogP contribution in [0.2, 0.25) is 5.02 Å². The van der Waals surface area contributed by atoms with Gasteiger partial charge < -0.3 is 30.9 Å². The fraction of sp³-hybridized carbons (Fsp3) is 0.227. The van der Waals surface area contributed by atoms with Gasteiger partial charge in [-0.15, -0.1) is 0 Å². The summed E-state index contributed by atoms with van der Waals surface area (Å²) in [6.45, 7) is 0. The maximum Gasteiger partial charge on any atom is 0.252 e. The van der Waals surface area contributed by atoms with E-state index in [4.69, 9.17) is 39.0 Å². The number of aliphatic hydroxyl groups excluding tert-OH is 1. The van der Waals surface area contributed by atoms with Gasteiger partial charge in [-0.2, -0.15) is 0 Å². The third-order valence-corrected chi connectivity index (χ3v) is 5.69. The number of amides is 1. The maximum atomic E-state index is 11.8. The smallest absolute Gasteiger partial charge is 0.252 e. The molecule has 32 heavy (non-hydrogen) atoms. The van der Waals surface area contributed by atoms with Crippen molar-refractivity contribution in [2.45, 2.75) is 25.0 Å². The van der Waals surface area contributed by atoms with Gasteiger partial charge in [0, 0.05) is 29.8 Å². The second kappa shape index (κ2) is 9.15. The van der Waals surface area contributed by atoms with Gasteiger partial charge in [0.2, 0.25) is 0 Å². The number of hydrogen-bond acceptors (Lipinski definition) is 6. The van der Waals surface area contributed by atoms with Crippen molar-refractivity contribution < 1.29 is 19.4 Å². The van der Waals surface area contributed by atoms with Gasteiger partial charge in [0.25, 0.3) is 5.91 Å². The zero-order valence-corrected chi connectivity index (χ0v) is 18.7. The predicted octanol–water partition coefficient (Wildman–Crippen LogP) is 3.60. The zero-order valence-electron chi connectivity index (χ0n) is 17.1. The molecule has 1 aromatic heterocycles. The van der Waals surface area contributed by atoms with Crippen LogP contribution in [-0.2, 0) is 0 Å². The number of aliphatic hydroxyl groups is 1. The predicted molar refractivity (Wildman–Crippen MR) is 127 cm³/mol. The van der Waals surface area contributed by atoms with Gasteiger partial charge in [0.1, 0.15) is 17.2 Å². The number of ether oxygens (including phenoxy) is 2. The number of aromatic nitrogens is 1. The van der Waals surface area contributed by atoms with Gasteiger partial charge in [-0.3, -0.25) is 9.78 Å². The van der Waals surface area contributed by atoms with E-state index in [0.29, 0.717) is 56.8 Å². The molecule has 1 fully saturated rings. The van der Waals surface area contributed by atoms with Crippen LogP contribution in [0.3, 0.4) is 0 Å². The van der Waals surface area contributed by atoms with Gasteiger partial charge in [-0.05, 0) is 49.3 Å². The van der Waals surface area contributed by atoms with E-state index < -0.39 is 5.91 Å². The third-order valence-electron chi connectivity index (χ3n) is 5.15. The Hall–Kier alpha value is -3.14. The Morgan fingerprint density at radius 2 is 2.03 bits per heavy atom. The number of carbonyl (C=O) groups excluding carboxylic acids is 1. The van der Waals surface area contributed by atoms with Crippen LogP contribution in [0.4, 0.5) is 5.69 Å². The van der Waals surface area contributed by atoms with Crippen LogP contribution < -0.4 is 25.8 Å². The van der Waals surface area contributed by atoms with E-state index in [-0.39, 0.29) is 17.7 Å². The van der Waals surface area contributed by atoms with Crippen molar-refractivity contribution >= 4 is 51.4 Å². The van der Waals surface area contributed by atoms with Crippen LogP contribution >= 0.6 is 23.8 Å². The molecule has 0 radical (unpaired) electrons. The number of fused-ring (bicyclic) bond motifs is 1. The molecule has 0 aliphatic heterocycles. The molecule has 5 N–H and O–H groups in total. The van der Waals surface area contributed by atoms with E-state index in [0.717, 1.165) is 0 Å². The summed E-state index contributed by atoms with van der Waals surface area (Å²) in [4.78, 5) is 16.1. The summed E-state index contributed by atoms with van der Waals surface area (Å²) >= 11 is 11.7. The lowest BCUT2D eigenvalue weighted by molar-refractivity contribution is 0.0701. The first-order valence-corrected chi connectivity index (χ1v) is 10.6. The van der Waals surface area contributed by atoms with E-state index >= 15 is 0 Å². The van der Waals surface area contributed by atoms with Gasteiger partial charge >= 0.3 is 0 Å². The molecule has 0 atom stereocenters. The summed E-state index contributed by atoms with van der Waals surface area (Å²) in [5.74, 6) is 0.704. The van der Waals surface area contributed by atoms with Crippen molar-refractivity contribution in [3.8, 4) is 17.2 Å². The van der Waals surface area contributed by atoms with Crippen LogP contribution in [0.25, 0.3) is 10.9 Å². The average Bonchev–Trinajstić information content (AvgIpc) is 2.73. The quantitative estimate of drug-likeness (QED) is 0.402. The number of anilines is 1. The molecule has 1 aliphatic rings. The van der Waals surface area contributed by atoms with Crippen molar-refractivity contribution in [3.05, 3.63) is 53.2 Å². The molecule has 8 nitrogen and oxygen atoms in total. The first-order chi connectivity index (χ1) is 15.3. The summed E-state index contributed by atoms with van der Waals surface area (Å²) in [6.07, 6.45) is 2.68. The highest BCUT2D eigenvalue weighted by Gasteiger charge is 2.27. The number of nitrogens with one attached hydrogen (secondary N) is 2. The molecule has 3 aromatic rings. The van der Waals surface area contributed by atoms with Crippen molar-refractivity contribution in [2.75, 3.05) is 12.4 Å². The third kappa shape index (κ3) is 4.69. The number of nitrogens with two attached hydrogens (primary N) is 1. The van der Waals surface area contributed by atoms with E-state index in [1.54, 1.807) is 42.6 Å². The van der Waals surface area contributed by atoms with Crippen LogP contribution in [-0.4, -0.2) is 40.4 Å². The zero-order chi connectivity index (χ0) is 22.8. The normalized spacial score (nSPS) is 17.3. The largest absolute Gasteiger partial charge is 0.496 e. The number of benzene rings is 2. The summed E-state index contributed by atoms with van der Waals surface area (Å²) in [6, 6.07) is 10.2. The van der Waals surface area contributed by atoms with Crippen molar-refractivity contribution in [2.24, 2.45) is 5.73 Å². The number of halogens is 1. The van der Waals surface area contributed by atoms with Crippen molar-refractivity contribution in [3.63, 3.8) is 0 Å². The monoisotopic (exact) mass is 472 g/mol. The highest BCUT2D eigenvalue weighted by Crippen LogP contribution is 2.35. The van der Waals surface area contributed by atoms with E-state index in [1.807, 2.05) is 0 Å². The number of primary amides is 1. The number of methoxy groups -OCH3 is 1. The molecule has 1 saturated carbocycles. The second-order valence-corrected chi connectivity index (χ2v) is 8.22. The standard InChI is InChI=1S/C22H21ClN4O4S/c1-30-20-10-18-14(9-15(20)21(24)29)19(4-5-25-18)31-13-2-3-17(16(23)8-13)27-22(32)26-11-6-12(28)7-11/h2-5,8-12,28H,6-7H2,1H3,(H2,24,29)(H2,26,27,32). The molecule has 0 spiro atoms. The molecule has 1 aliphatic carbocycles. The minimum absolute atomic E-state index is 0.162. The first-order valence-electron chi connectivity index (χ1n) is 9.83. The van der Waals surface area contributed by atoms with Crippen LogP contribution in [0.1, 0.15) is 23.2 Å². The molecule has 0 saturated heterocycles. The lowest BCUT2D eigenvalue weighted by atomic mass is 9.90. The number of thiocarbonyl (C=S) groups is 1. The van der Waals surface area contributed by atoms with E-state index in [9.17, 15) is 9.90 Å². The Morgan fingerprint density at radius 3 is 2.69 bits per heavy atom. The Bertz CT molecular complexity index is 1200. The number of rotatable bonds is 6. The second-order valence-electron chi connectivity index (χ2n) is 7.41. The topological polar surface area (TPSA) is 119 Å². The lowest BCUT2D eigenvalue weighted by Gasteiger charge is -2.32. The highest BCUT2D eigenvalue weighted by molar-refractivity contribution is 7.80. The molecule has 2 aromatic carbocycles. The summed E-state index contributed by atoms with van der Waals surface area (Å²) < 4.78 is 11.3. The number of hydrogen-bond donors (Lipinski definition) is 4. The first kappa shape index (κ1) is 22.1. The minimum atomic E-state index is -0.613. The fourth-order valence-electron chi connectivity index (χ4n) is 3.44. The molecule has 166 valence electrons. The van der Waals surface area contributed by atoms with Crippen molar-refractivity contribution in [1.82, 2.24) is 10.3 Å². The molecule has 4 rings (SSSR count). The SMILES string of the molecule is COc1cc2nccc(Oc3ccc(NC(=S)NC4CC(O)C4)c(Cl)c3)c2cc1C(N)=O. The summed E-state index contributed by atoms with van der Waals surface area (Å²) in [5, 5.41) is 17.0. The number of pyridine rings is 1. The minimum Gasteiger partial charge on any atom is -0.496 e. The lowest BCUT2D eigenvalue weighted by Crippen LogP contribution is -2.48. The molecule has 0 bridgehead atoms.